The van der Waals surface area contributed by atoms with Crippen molar-refractivity contribution in [2.45, 2.75) is 6.42 Å². The molecule has 0 spiro atoms. The van der Waals surface area contributed by atoms with Gasteiger partial charge in [-0.3, -0.25) is 4.79 Å². The quantitative estimate of drug-likeness (QED) is 0.543. The third-order valence-corrected chi connectivity index (χ3v) is 4.01. The van der Waals surface area contributed by atoms with Gasteiger partial charge in [0.25, 0.3) is 0 Å². The van der Waals surface area contributed by atoms with Gasteiger partial charge in [-0.15, -0.1) is 0 Å². The second-order valence-electron chi connectivity index (χ2n) is 6.14. The molecule has 0 aliphatic rings. The zero-order valence-electron chi connectivity index (χ0n) is 15.2. The van der Waals surface area contributed by atoms with Crippen molar-refractivity contribution in [2.75, 3.05) is 5.32 Å². The zero-order valence-corrected chi connectivity index (χ0v) is 15.2. The van der Waals surface area contributed by atoms with Crippen LogP contribution in [0.2, 0.25) is 0 Å². The van der Waals surface area contributed by atoms with Gasteiger partial charge in [-0.1, -0.05) is 12.1 Å². The molecule has 0 aliphatic carbocycles. The molecule has 8 heteroatoms. The van der Waals surface area contributed by atoms with Crippen molar-refractivity contribution >= 4 is 11.6 Å². The number of hydrogen-bond donors (Lipinski definition) is 1. The number of ether oxygens (including phenoxy) is 1. The summed E-state index contributed by atoms with van der Waals surface area (Å²) >= 11 is 0. The van der Waals surface area contributed by atoms with Crippen LogP contribution in [-0.2, 0) is 11.2 Å². The Morgan fingerprint density at radius 2 is 1.86 bits per heavy atom. The molecule has 0 unspecified atom stereocenters. The SMILES string of the molecule is O=C(Cc1ccc(F)cc1)Nc1ccc(Oc2cc(-n3cccn3)ncn2)cc1. The minimum atomic E-state index is -0.329. The topological polar surface area (TPSA) is 81.9 Å². The number of halogens is 1. The minimum Gasteiger partial charge on any atom is -0.439 e. The lowest BCUT2D eigenvalue weighted by Gasteiger charge is -2.08. The normalized spacial score (nSPS) is 10.5. The first-order valence-corrected chi connectivity index (χ1v) is 8.80. The number of nitrogens with one attached hydrogen (secondary N) is 1. The predicted molar refractivity (Wildman–Crippen MR) is 104 cm³/mol. The molecule has 1 amide bonds. The van der Waals surface area contributed by atoms with Crippen LogP contribution in [-0.4, -0.2) is 25.7 Å². The number of amides is 1. The molecule has 2 aromatic heterocycles. The summed E-state index contributed by atoms with van der Waals surface area (Å²) < 4.78 is 20.3. The second kappa shape index (κ2) is 8.30. The van der Waals surface area contributed by atoms with Gasteiger partial charge < -0.3 is 10.1 Å². The van der Waals surface area contributed by atoms with Gasteiger partial charge in [0.15, 0.2) is 5.82 Å². The van der Waals surface area contributed by atoms with E-state index in [1.54, 1.807) is 65.6 Å². The maximum Gasteiger partial charge on any atom is 0.228 e. The Morgan fingerprint density at radius 3 is 2.59 bits per heavy atom. The number of hydrogen-bond acceptors (Lipinski definition) is 5. The van der Waals surface area contributed by atoms with Crippen molar-refractivity contribution < 1.29 is 13.9 Å². The van der Waals surface area contributed by atoms with Crippen LogP contribution in [0.1, 0.15) is 5.56 Å². The van der Waals surface area contributed by atoms with Gasteiger partial charge >= 0.3 is 0 Å². The first-order valence-electron chi connectivity index (χ1n) is 8.80. The second-order valence-corrected chi connectivity index (χ2v) is 6.14. The number of carbonyl (C=O) groups excluding carboxylic acids is 1. The largest absolute Gasteiger partial charge is 0.439 e. The fourth-order valence-corrected chi connectivity index (χ4v) is 2.64. The van der Waals surface area contributed by atoms with E-state index in [0.717, 1.165) is 5.56 Å². The van der Waals surface area contributed by atoms with E-state index in [1.807, 2.05) is 0 Å². The third kappa shape index (κ3) is 4.81. The smallest absolute Gasteiger partial charge is 0.228 e. The first kappa shape index (κ1) is 18.3. The van der Waals surface area contributed by atoms with E-state index in [0.29, 0.717) is 23.1 Å². The number of anilines is 1. The standard InChI is InChI=1S/C21H16FN5O2/c22-16-4-2-15(3-5-16)12-20(28)26-17-6-8-18(9-7-17)29-21-13-19(23-14-24-21)27-11-1-10-25-27/h1-11,13-14H,12H2,(H,26,28). The van der Waals surface area contributed by atoms with Crippen LogP contribution < -0.4 is 10.1 Å². The van der Waals surface area contributed by atoms with Crippen LogP contribution in [0.5, 0.6) is 11.6 Å². The van der Waals surface area contributed by atoms with E-state index in [-0.39, 0.29) is 18.1 Å². The molecular weight excluding hydrogens is 373 g/mol. The summed E-state index contributed by atoms with van der Waals surface area (Å²) in [7, 11) is 0. The molecular formula is C21H16FN5O2. The number of carbonyl (C=O) groups is 1. The summed E-state index contributed by atoms with van der Waals surface area (Å²) in [4.78, 5) is 20.4. The molecule has 7 nitrogen and oxygen atoms in total. The first-order chi connectivity index (χ1) is 14.2. The Morgan fingerprint density at radius 1 is 1.07 bits per heavy atom. The minimum absolute atomic E-state index is 0.162. The predicted octanol–water partition coefficient (Wildman–Crippen LogP) is 3.77. The van der Waals surface area contributed by atoms with Gasteiger partial charge in [0.2, 0.25) is 11.8 Å². The molecule has 0 fully saturated rings. The molecule has 4 aromatic rings. The van der Waals surface area contributed by atoms with Crippen molar-refractivity contribution in [1.29, 1.82) is 0 Å². The van der Waals surface area contributed by atoms with Crippen molar-refractivity contribution in [3.63, 3.8) is 0 Å². The zero-order chi connectivity index (χ0) is 20.1. The number of rotatable bonds is 6. The van der Waals surface area contributed by atoms with Gasteiger partial charge in [-0.25, -0.2) is 19.0 Å². The van der Waals surface area contributed by atoms with Crippen molar-refractivity contribution in [1.82, 2.24) is 19.7 Å². The fraction of sp³-hybridized carbons (Fsp3) is 0.0476. The van der Waals surface area contributed by atoms with Crippen LogP contribution in [0.15, 0.2) is 79.4 Å². The maximum absolute atomic E-state index is 12.9. The summed E-state index contributed by atoms with van der Waals surface area (Å²) in [5.41, 5.74) is 1.37. The lowest BCUT2D eigenvalue weighted by molar-refractivity contribution is -0.115. The summed E-state index contributed by atoms with van der Waals surface area (Å²) in [6.07, 6.45) is 4.99. The highest BCUT2D eigenvalue weighted by atomic mass is 19.1. The average molecular weight is 389 g/mol. The number of aromatic nitrogens is 4. The molecule has 0 atom stereocenters. The van der Waals surface area contributed by atoms with Gasteiger partial charge in [-0.05, 0) is 48.0 Å². The molecule has 0 aliphatic heterocycles. The van der Waals surface area contributed by atoms with E-state index < -0.39 is 0 Å². The lowest BCUT2D eigenvalue weighted by Crippen LogP contribution is -2.14. The lowest BCUT2D eigenvalue weighted by atomic mass is 10.1. The van der Waals surface area contributed by atoms with E-state index >= 15 is 0 Å². The monoisotopic (exact) mass is 389 g/mol. The molecule has 2 heterocycles. The molecule has 0 saturated carbocycles. The fourth-order valence-electron chi connectivity index (χ4n) is 2.64. The number of nitrogens with zero attached hydrogens (tertiary/aromatic N) is 4. The highest BCUT2D eigenvalue weighted by Crippen LogP contribution is 2.22. The number of benzene rings is 2. The van der Waals surface area contributed by atoms with Crippen molar-refractivity contribution in [3.05, 3.63) is 90.8 Å². The highest BCUT2D eigenvalue weighted by molar-refractivity contribution is 5.92. The van der Waals surface area contributed by atoms with E-state index in [1.165, 1.54) is 18.5 Å². The molecule has 0 saturated heterocycles. The summed E-state index contributed by atoms with van der Waals surface area (Å²) in [5.74, 6) is 1.00. The molecule has 4 rings (SSSR count). The van der Waals surface area contributed by atoms with Gasteiger partial charge in [0.05, 0.1) is 6.42 Å². The Kier molecular flexibility index (Phi) is 5.24. The van der Waals surface area contributed by atoms with Crippen LogP contribution in [0.4, 0.5) is 10.1 Å². The molecule has 29 heavy (non-hydrogen) atoms. The van der Waals surface area contributed by atoms with Gasteiger partial charge in [0, 0.05) is 24.1 Å². The van der Waals surface area contributed by atoms with Crippen LogP contribution in [0.25, 0.3) is 5.82 Å². The maximum atomic E-state index is 12.9. The van der Waals surface area contributed by atoms with E-state index in [9.17, 15) is 9.18 Å². The van der Waals surface area contributed by atoms with E-state index in [2.05, 4.69) is 20.4 Å². The highest BCUT2D eigenvalue weighted by Gasteiger charge is 2.07. The molecule has 2 aromatic carbocycles. The van der Waals surface area contributed by atoms with Crippen LogP contribution in [0.3, 0.4) is 0 Å². The van der Waals surface area contributed by atoms with Crippen molar-refractivity contribution in [2.24, 2.45) is 0 Å². The molecule has 0 bridgehead atoms. The molecule has 1 N–H and O–H groups in total. The molecule has 144 valence electrons. The van der Waals surface area contributed by atoms with Gasteiger partial charge in [-0.2, -0.15) is 5.10 Å². The summed E-state index contributed by atoms with van der Waals surface area (Å²) in [6.45, 7) is 0. The van der Waals surface area contributed by atoms with Gasteiger partial charge in [0.1, 0.15) is 17.9 Å². The summed E-state index contributed by atoms with van der Waals surface area (Å²) in [6, 6.07) is 16.2. The Bertz CT molecular complexity index is 1100. The Labute approximate surface area is 165 Å². The molecule has 0 radical (unpaired) electrons. The van der Waals surface area contributed by atoms with Crippen molar-refractivity contribution in [3.8, 4) is 17.4 Å². The summed E-state index contributed by atoms with van der Waals surface area (Å²) in [5, 5.41) is 6.92. The Hall–Kier alpha value is -4.07. The average Bonchev–Trinajstić information content (AvgIpc) is 3.26. The van der Waals surface area contributed by atoms with Crippen LogP contribution >= 0.6 is 0 Å². The Balaban J connectivity index is 1.37. The van der Waals surface area contributed by atoms with E-state index in [4.69, 9.17) is 4.74 Å². The third-order valence-electron chi connectivity index (χ3n) is 4.01. The van der Waals surface area contributed by atoms with Crippen LogP contribution in [0, 0.1) is 5.82 Å².